The second-order valence-electron chi connectivity index (χ2n) is 11.7. The summed E-state index contributed by atoms with van der Waals surface area (Å²) in [5, 5.41) is 10.2. The van der Waals surface area contributed by atoms with Gasteiger partial charge in [-0.05, 0) is 52.5 Å². The predicted octanol–water partition coefficient (Wildman–Crippen LogP) is 3.54. The smallest absolute Gasteiger partial charge is 0.484 e. The molecule has 14 heteroatoms. The molecule has 0 radical (unpaired) electrons. The Morgan fingerprint density at radius 3 is 2.49 bits per heavy atom. The lowest BCUT2D eigenvalue weighted by Gasteiger charge is -2.38. The van der Waals surface area contributed by atoms with Crippen LogP contribution in [0.15, 0.2) is 23.2 Å². The molecule has 2 amide bonds. The van der Waals surface area contributed by atoms with Gasteiger partial charge in [0.05, 0.1) is 18.0 Å². The summed E-state index contributed by atoms with van der Waals surface area (Å²) in [6, 6.07) is 4.15. The molecule has 2 heterocycles. The van der Waals surface area contributed by atoms with Gasteiger partial charge >= 0.3 is 12.1 Å². The normalized spacial score (nSPS) is 25.0. The number of para-hydroxylation sites is 1. The molecule has 1 saturated carbocycles. The predicted molar refractivity (Wildman–Crippen MR) is 139 cm³/mol. The number of nitrogens with one attached hydrogen (secondary N) is 1. The number of hydrogen-bond acceptors (Lipinski definition) is 7. The van der Waals surface area contributed by atoms with Crippen LogP contribution in [0.2, 0.25) is 0 Å². The molecule has 1 aliphatic carbocycles. The summed E-state index contributed by atoms with van der Waals surface area (Å²) in [4.78, 5) is 41.2. The maximum atomic E-state index is 14.4. The Labute approximate surface area is 235 Å². The number of benzene rings is 1. The third-order valence-corrected chi connectivity index (χ3v) is 7.14. The number of fused-ring (bicyclic) bond motifs is 1. The van der Waals surface area contributed by atoms with Crippen molar-refractivity contribution in [3.8, 4) is 5.75 Å². The molecular formula is C27H36F4N4O6. The van der Waals surface area contributed by atoms with Crippen molar-refractivity contribution >= 4 is 23.7 Å². The number of carbonyl (C=O) groups excluding carboxylic acids is 2. The number of halogens is 4. The average Bonchev–Trinajstić information content (AvgIpc) is 3.61. The van der Waals surface area contributed by atoms with E-state index >= 15 is 0 Å². The molecule has 1 unspecified atom stereocenters. The lowest BCUT2D eigenvalue weighted by atomic mass is 9.89. The summed E-state index contributed by atoms with van der Waals surface area (Å²) in [6.45, 7) is 7.96. The maximum Gasteiger partial charge on any atom is 0.490 e. The molecule has 41 heavy (non-hydrogen) atoms. The molecule has 1 aromatic carbocycles. The van der Waals surface area contributed by atoms with Gasteiger partial charge in [0.1, 0.15) is 5.60 Å². The highest BCUT2D eigenvalue weighted by molar-refractivity contribution is 5.99. The quantitative estimate of drug-likeness (QED) is 0.414. The number of aliphatic carboxylic acids is 1. The van der Waals surface area contributed by atoms with E-state index in [0.29, 0.717) is 31.4 Å². The van der Waals surface area contributed by atoms with Gasteiger partial charge in [-0.15, -0.1) is 0 Å². The first-order chi connectivity index (χ1) is 18.9. The second-order valence-corrected chi connectivity index (χ2v) is 11.7. The van der Waals surface area contributed by atoms with Crippen molar-refractivity contribution in [2.75, 3.05) is 13.7 Å². The number of nitrogens with zero attached hydrogens (tertiary/aromatic N) is 2. The number of hydrogen-bond donors (Lipinski definition) is 3. The topological polar surface area (TPSA) is 144 Å². The summed E-state index contributed by atoms with van der Waals surface area (Å²) < 4.78 is 57.3. The molecule has 0 bridgehead atoms. The zero-order chi connectivity index (χ0) is 30.9. The van der Waals surface area contributed by atoms with Crippen LogP contribution in [-0.2, 0) is 19.1 Å². The summed E-state index contributed by atoms with van der Waals surface area (Å²) in [7, 11) is 1.61. The largest absolute Gasteiger partial charge is 0.490 e. The number of aliphatic imine (C=N–C) groups is 1. The molecule has 0 aromatic heterocycles. The van der Waals surface area contributed by atoms with Crippen molar-refractivity contribution in [3.63, 3.8) is 0 Å². The first-order valence-electron chi connectivity index (χ1n) is 13.1. The van der Waals surface area contributed by atoms with Gasteiger partial charge in [0.2, 0.25) is 11.8 Å². The number of guanidine groups is 1. The second kappa shape index (κ2) is 11.8. The molecule has 10 nitrogen and oxygen atoms in total. The van der Waals surface area contributed by atoms with Crippen LogP contribution in [0, 0.1) is 17.7 Å². The Hall–Kier alpha value is -3.42. The number of carbonyl (C=O) groups is 3. The fourth-order valence-electron chi connectivity index (χ4n) is 5.29. The van der Waals surface area contributed by atoms with Crippen LogP contribution < -0.4 is 15.8 Å². The number of methoxy groups -OCH3 is 1. The molecule has 2 aliphatic heterocycles. The van der Waals surface area contributed by atoms with Crippen LogP contribution in [0.4, 0.5) is 17.6 Å². The van der Waals surface area contributed by atoms with Crippen LogP contribution in [0.1, 0.15) is 65.0 Å². The summed E-state index contributed by atoms with van der Waals surface area (Å²) in [5.41, 5.74) is 5.70. The van der Waals surface area contributed by atoms with E-state index in [-0.39, 0.29) is 53.9 Å². The molecule has 1 aromatic rings. The number of carboxylic acids is 1. The Morgan fingerprint density at radius 1 is 1.29 bits per heavy atom. The number of amides is 2. The van der Waals surface area contributed by atoms with E-state index in [1.165, 1.54) is 6.07 Å². The maximum absolute atomic E-state index is 14.4. The van der Waals surface area contributed by atoms with Crippen LogP contribution in [0.5, 0.6) is 5.75 Å². The fourth-order valence-corrected chi connectivity index (χ4v) is 5.29. The van der Waals surface area contributed by atoms with Crippen molar-refractivity contribution in [1.82, 2.24) is 10.2 Å². The van der Waals surface area contributed by atoms with E-state index in [1.54, 1.807) is 24.1 Å². The van der Waals surface area contributed by atoms with Gasteiger partial charge in [0, 0.05) is 37.7 Å². The van der Waals surface area contributed by atoms with E-state index < -0.39 is 29.1 Å². The third-order valence-electron chi connectivity index (χ3n) is 7.14. The van der Waals surface area contributed by atoms with E-state index in [0.717, 1.165) is 0 Å². The molecule has 228 valence electrons. The minimum absolute atomic E-state index is 0.0473. The molecule has 3 aliphatic rings. The number of carboxylic acid groups (broad SMARTS) is 1. The first kappa shape index (κ1) is 32.1. The lowest BCUT2D eigenvalue weighted by molar-refractivity contribution is -0.192. The minimum Gasteiger partial charge on any atom is -0.484 e. The van der Waals surface area contributed by atoms with Crippen LogP contribution in [0.25, 0.3) is 0 Å². The zero-order valence-electron chi connectivity index (χ0n) is 23.5. The van der Waals surface area contributed by atoms with Crippen LogP contribution in [-0.4, -0.2) is 70.8 Å². The molecule has 1 fully saturated rings. The first-order valence-corrected chi connectivity index (χ1v) is 13.1. The monoisotopic (exact) mass is 588 g/mol. The molecule has 0 saturated heterocycles. The number of alkyl halides is 3. The molecule has 4 rings (SSSR count). The molecular weight excluding hydrogens is 552 g/mol. The van der Waals surface area contributed by atoms with Gasteiger partial charge in [-0.25, -0.2) is 14.2 Å². The van der Waals surface area contributed by atoms with Crippen molar-refractivity contribution in [2.24, 2.45) is 22.6 Å². The summed E-state index contributed by atoms with van der Waals surface area (Å²) in [6.07, 6.45) is -3.09. The summed E-state index contributed by atoms with van der Waals surface area (Å²) in [5.74, 6) is -3.30. The van der Waals surface area contributed by atoms with E-state index in [1.807, 2.05) is 27.7 Å². The number of nitrogens with two attached hydrogens (primary N) is 1. The van der Waals surface area contributed by atoms with Crippen LogP contribution >= 0.6 is 0 Å². The lowest BCUT2D eigenvalue weighted by Crippen LogP contribution is -2.55. The standard InChI is InChI=1S/C25H35FN4O4.C2HF3O2/c1-24(2)13-20(31)30(23(27)29-24)19(9-10-33-5)15-11-16(15)22(32)28-18-12-25(3,4)34-21-14(18)7-6-8-17(21)26;3-2(4,5)1(6)7/h6-8,15-16,18-19H,9-13H2,1-5H3,(H2,27,29)(H,28,32);(H,6,7)/t15-,16-,18?,19+;/m1./s1. The summed E-state index contributed by atoms with van der Waals surface area (Å²) >= 11 is 0. The van der Waals surface area contributed by atoms with Crippen molar-refractivity contribution in [2.45, 2.75) is 82.8 Å². The van der Waals surface area contributed by atoms with Gasteiger partial charge in [-0.1, -0.05) is 12.1 Å². The molecule has 0 spiro atoms. The molecule has 4 N–H and O–H groups in total. The SMILES string of the molecule is COCC[C@@H]([C@@H]1C[C@H]1C(=O)NC1CC(C)(C)Oc2c(F)cccc21)N1C(=O)CC(C)(C)N=C1N.O=C(O)C(F)(F)F. The Bertz CT molecular complexity index is 1200. The van der Waals surface area contributed by atoms with Crippen molar-refractivity contribution < 1.29 is 46.5 Å². The Balaban J connectivity index is 0.000000587. The number of rotatable bonds is 7. The van der Waals surface area contributed by atoms with Gasteiger partial charge in [0.15, 0.2) is 17.5 Å². The zero-order valence-corrected chi connectivity index (χ0v) is 23.5. The van der Waals surface area contributed by atoms with Gasteiger partial charge in [-0.2, -0.15) is 13.2 Å². The minimum atomic E-state index is -5.08. The highest BCUT2D eigenvalue weighted by atomic mass is 19.4. The van der Waals surface area contributed by atoms with Crippen molar-refractivity contribution in [3.05, 3.63) is 29.6 Å². The van der Waals surface area contributed by atoms with E-state index in [9.17, 15) is 27.2 Å². The van der Waals surface area contributed by atoms with Gasteiger partial charge in [0.25, 0.3) is 0 Å². The highest BCUT2D eigenvalue weighted by Crippen LogP contribution is 2.47. The Kier molecular flexibility index (Phi) is 9.26. The fraction of sp³-hybridized carbons (Fsp3) is 0.630. The average molecular weight is 589 g/mol. The van der Waals surface area contributed by atoms with E-state index in [2.05, 4.69) is 10.3 Å². The molecule has 4 atom stereocenters. The third kappa shape index (κ3) is 7.86. The van der Waals surface area contributed by atoms with E-state index in [4.69, 9.17) is 25.1 Å². The Morgan fingerprint density at radius 2 is 1.93 bits per heavy atom. The highest BCUT2D eigenvalue weighted by Gasteiger charge is 2.52. The van der Waals surface area contributed by atoms with Crippen molar-refractivity contribution in [1.29, 1.82) is 0 Å². The van der Waals surface area contributed by atoms with Gasteiger partial charge < -0.3 is 25.6 Å². The van der Waals surface area contributed by atoms with Crippen LogP contribution in [0.3, 0.4) is 0 Å². The number of ether oxygens (including phenoxy) is 2. The van der Waals surface area contributed by atoms with Gasteiger partial charge in [-0.3, -0.25) is 14.5 Å².